The molecule has 0 saturated carbocycles. The van der Waals surface area contributed by atoms with Crippen molar-refractivity contribution in [2.24, 2.45) is 0 Å². The molecule has 3 rings (SSSR count). The molecule has 0 aliphatic heterocycles. The first-order valence-corrected chi connectivity index (χ1v) is 6.56. The number of fused-ring (bicyclic) bond motifs is 1. The van der Waals surface area contributed by atoms with Gasteiger partial charge in [-0.2, -0.15) is 4.98 Å². The van der Waals surface area contributed by atoms with Gasteiger partial charge in [-0.25, -0.2) is 4.98 Å². The van der Waals surface area contributed by atoms with E-state index in [9.17, 15) is 0 Å². The Hall–Kier alpha value is -2.89. The minimum absolute atomic E-state index is 0.192. The molecule has 0 bridgehead atoms. The van der Waals surface area contributed by atoms with Gasteiger partial charge in [-0.3, -0.25) is 4.98 Å². The van der Waals surface area contributed by atoms with Gasteiger partial charge in [0.25, 0.3) is 0 Å². The summed E-state index contributed by atoms with van der Waals surface area (Å²) < 4.78 is 0. The van der Waals surface area contributed by atoms with Crippen LogP contribution in [-0.4, -0.2) is 22.0 Å². The van der Waals surface area contributed by atoms with Gasteiger partial charge in [-0.15, -0.1) is 0 Å². The van der Waals surface area contributed by atoms with E-state index in [1.54, 1.807) is 12.4 Å². The molecule has 0 unspecified atom stereocenters. The third-order valence-corrected chi connectivity index (χ3v) is 3.34. The van der Waals surface area contributed by atoms with Crippen molar-refractivity contribution in [3.63, 3.8) is 0 Å². The summed E-state index contributed by atoms with van der Waals surface area (Å²) in [5, 5.41) is 0.809. The van der Waals surface area contributed by atoms with E-state index in [1.165, 1.54) is 5.56 Å². The summed E-state index contributed by atoms with van der Waals surface area (Å²) in [7, 11) is 2.02. The molecule has 1 aromatic carbocycles. The third-order valence-electron chi connectivity index (χ3n) is 3.34. The largest absolute Gasteiger partial charge is 0.383 e. The Balaban J connectivity index is 1.93. The predicted molar refractivity (Wildman–Crippen MR) is 84.7 cm³/mol. The van der Waals surface area contributed by atoms with Crippen LogP contribution in [0.25, 0.3) is 10.9 Å². The van der Waals surface area contributed by atoms with Crippen LogP contribution in [0.3, 0.4) is 0 Å². The summed E-state index contributed by atoms with van der Waals surface area (Å²) in [6.07, 6.45) is 3.58. The van der Waals surface area contributed by atoms with Crippen molar-refractivity contribution in [2.75, 3.05) is 23.4 Å². The normalized spacial score (nSPS) is 10.7. The molecular formula is C15H16N6. The Morgan fingerprint density at radius 2 is 1.81 bits per heavy atom. The zero-order chi connectivity index (χ0) is 14.8. The lowest BCUT2D eigenvalue weighted by atomic mass is 10.2. The fourth-order valence-electron chi connectivity index (χ4n) is 2.25. The fourth-order valence-corrected chi connectivity index (χ4v) is 2.25. The van der Waals surface area contributed by atoms with Gasteiger partial charge in [0, 0.05) is 37.1 Å². The second-order valence-corrected chi connectivity index (χ2v) is 4.88. The maximum absolute atomic E-state index is 5.92. The van der Waals surface area contributed by atoms with Crippen LogP contribution in [0, 0.1) is 0 Å². The van der Waals surface area contributed by atoms with Crippen molar-refractivity contribution < 1.29 is 0 Å². The van der Waals surface area contributed by atoms with Crippen molar-refractivity contribution in [1.82, 2.24) is 15.0 Å². The SMILES string of the molecule is CN(Cc1ccncc1)c1ccc2nc(N)nc(N)c2c1. The average Bonchev–Trinajstić information content (AvgIpc) is 2.47. The molecule has 0 atom stereocenters. The second kappa shape index (κ2) is 5.24. The number of aromatic nitrogens is 3. The monoisotopic (exact) mass is 280 g/mol. The number of anilines is 3. The van der Waals surface area contributed by atoms with E-state index in [2.05, 4.69) is 19.9 Å². The molecular weight excluding hydrogens is 264 g/mol. The van der Waals surface area contributed by atoms with Gasteiger partial charge in [-0.05, 0) is 35.9 Å². The summed E-state index contributed by atoms with van der Waals surface area (Å²) in [6.45, 7) is 0.782. The van der Waals surface area contributed by atoms with Crippen molar-refractivity contribution in [3.8, 4) is 0 Å². The lowest BCUT2D eigenvalue weighted by Crippen LogP contribution is -2.16. The zero-order valence-corrected chi connectivity index (χ0v) is 11.7. The van der Waals surface area contributed by atoms with E-state index in [4.69, 9.17) is 11.5 Å². The topological polar surface area (TPSA) is 94.0 Å². The van der Waals surface area contributed by atoms with Gasteiger partial charge in [-0.1, -0.05) is 0 Å². The number of nitrogen functional groups attached to an aromatic ring is 2. The van der Waals surface area contributed by atoms with E-state index in [0.29, 0.717) is 5.82 Å². The van der Waals surface area contributed by atoms with E-state index in [1.807, 2.05) is 37.4 Å². The highest BCUT2D eigenvalue weighted by atomic mass is 15.1. The smallest absolute Gasteiger partial charge is 0.222 e. The molecule has 0 spiro atoms. The molecule has 0 fully saturated rings. The summed E-state index contributed by atoms with van der Waals surface area (Å²) in [5.74, 6) is 0.592. The number of hydrogen-bond acceptors (Lipinski definition) is 6. The highest BCUT2D eigenvalue weighted by Crippen LogP contribution is 2.25. The Morgan fingerprint density at radius 1 is 1.05 bits per heavy atom. The zero-order valence-electron chi connectivity index (χ0n) is 11.7. The van der Waals surface area contributed by atoms with Crippen molar-refractivity contribution in [1.29, 1.82) is 0 Å². The van der Waals surface area contributed by atoms with Crippen LogP contribution in [0.1, 0.15) is 5.56 Å². The molecule has 2 aromatic heterocycles. The van der Waals surface area contributed by atoms with Gasteiger partial charge >= 0.3 is 0 Å². The first kappa shape index (κ1) is 13.1. The number of benzene rings is 1. The predicted octanol–water partition coefficient (Wildman–Crippen LogP) is 1.83. The maximum Gasteiger partial charge on any atom is 0.222 e. The van der Waals surface area contributed by atoms with Gasteiger partial charge in [0.05, 0.1) is 5.52 Å². The number of nitrogens with zero attached hydrogens (tertiary/aromatic N) is 4. The van der Waals surface area contributed by atoms with Crippen molar-refractivity contribution >= 4 is 28.4 Å². The molecule has 4 N–H and O–H groups in total. The highest BCUT2D eigenvalue weighted by molar-refractivity contribution is 5.91. The lowest BCUT2D eigenvalue weighted by Gasteiger charge is -2.20. The molecule has 0 radical (unpaired) electrons. The van der Waals surface area contributed by atoms with Gasteiger partial charge in [0.15, 0.2) is 0 Å². The number of nitrogens with two attached hydrogens (primary N) is 2. The Morgan fingerprint density at radius 3 is 2.57 bits per heavy atom. The summed E-state index contributed by atoms with van der Waals surface area (Å²) in [6, 6.07) is 9.87. The molecule has 106 valence electrons. The quantitative estimate of drug-likeness (QED) is 0.760. The third kappa shape index (κ3) is 2.69. The number of pyridine rings is 1. The van der Waals surface area contributed by atoms with E-state index >= 15 is 0 Å². The van der Waals surface area contributed by atoms with E-state index < -0.39 is 0 Å². The molecule has 0 saturated heterocycles. The lowest BCUT2D eigenvalue weighted by molar-refractivity contribution is 0.920. The molecule has 2 heterocycles. The molecule has 3 aromatic rings. The Bertz CT molecular complexity index is 772. The minimum atomic E-state index is 0.192. The Kier molecular flexibility index (Phi) is 3.27. The van der Waals surface area contributed by atoms with Crippen LogP contribution in [0.4, 0.5) is 17.5 Å². The fraction of sp³-hybridized carbons (Fsp3) is 0.133. The molecule has 0 aliphatic carbocycles. The maximum atomic E-state index is 5.92. The van der Waals surface area contributed by atoms with Crippen LogP contribution in [0.5, 0.6) is 0 Å². The Labute approximate surface area is 122 Å². The highest BCUT2D eigenvalue weighted by Gasteiger charge is 2.07. The summed E-state index contributed by atoms with van der Waals surface area (Å²) in [5.41, 5.74) is 14.5. The number of rotatable bonds is 3. The van der Waals surface area contributed by atoms with E-state index in [-0.39, 0.29) is 5.95 Å². The molecule has 21 heavy (non-hydrogen) atoms. The molecule has 6 heteroatoms. The minimum Gasteiger partial charge on any atom is -0.383 e. The first-order chi connectivity index (χ1) is 10.1. The second-order valence-electron chi connectivity index (χ2n) is 4.88. The van der Waals surface area contributed by atoms with Crippen LogP contribution in [0.15, 0.2) is 42.7 Å². The summed E-state index contributed by atoms with van der Waals surface area (Å²) in [4.78, 5) is 14.3. The van der Waals surface area contributed by atoms with Gasteiger partial charge in [0.2, 0.25) is 5.95 Å². The first-order valence-electron chi connectivity index (χ1n) is 6.56. The molecule has 0 aliphatic rings. The van der Waals surface area contributed by atoms with Gasteiger partial charge in [0.1, 0.15) is 5.82 Å². The van der Waals surface area contributed by atoms with Crippen LogP contribution < -0.4 is 16.4 Å². The molecule has 6 nitrogen and oxygen atoms in total. The van der Waals surface area contributed by atoms with Crippen molar-refractivity contribution in [3.05, 3.63) is 48.3 Å². The average molecular weight is 280 g/mol. The van der Waals surface area contributed by atoms with E-state index in [0.717, 1.165) is 23.1 Å². The molecule has 0 amide bonds. The van der Waals surface area contributed by atoms with Crippen LogP contribution in [-0.2, 0) is 6.54 Å². The summed E-state index contributed by atoms with van der Waals surface area (Å²) >= 11 is 0. The van der Waals surface area contributed by atoms with Crippen LogP contribution in [0.2, 0.25) is 0 Å². The standard InChI is InChI=1S/C15H16N6/c1-21(9-10-4-6-18-7-5-10)11-2-3-13-12(8-11)14(16)20-15(17)19-13/h2-8H,9H2,1H3,(H4,16,17,19,20). The van der Waals surface area contributed by atoms with Crippen LogP contribution >= 0.6 is 0 Å². The van der Waals surface area contributed by atoms with Crippen molar-refractivity contribution in [2.45, 2.75) is 6.54 Å². The van der Waals surface area contributed by atoms with Gasteiger partial charge < -0.3 is 16.4 Å². The number of hydrogen-bond donors (Lipinski definition) is 2.